The molecule has 1 N–H and O–H groups in total. The van der Waals surface area contributed by atoms with Crippen LogP contribution in [0.15, 0.2) is 18.2 Å². The van der Waals surface area contributed by atoms with Crippen molar-refractivity contribution in [3.63, 3.8) is 0 Å². The number of halogens is 1. The number of esters is 1. The van der Waals surface area contributed by atoms with Gasteiger partial charge in [-0.1, -0.05) is 0 Å². The topological polar surface area (TPSA) is 77.1 Å². The number of methoxy groups -OCH3 is 2. The molecule has 7 nitrogen and oxygen atoms in total. The minimum atomic E-state index is -0.134. The quantitative estimate of drug-likeness (QED) is 0.676. The summed E-state index contributed by atoms with van der Waals surface area (Å²) >= 11 is 0. The first-order valence-corrected chi connectivity index (χ1v) is 8.97. The summed E-state index contributed by atoms with van der Waals surface area (Å²) in [6, 6.07) is 5.25. The fourth-order valence-electron chi connectivity index (χ4n) is 3.07. The van der Waals surface area contributed by atoms with Gasteiger partial charge < -0.3 is 24.4 Å². The number of nitrogens with one attached hydrogen (secondary N) is 1. The Morgan fingerprint density at radius 2 is 1.85 bits per heavy atom. The number of hydrogen-bond donors (Lipinski definition) is 1. The van der Waals surface area contributed by atoms with Crippen LogP contribution in [-0.2, 0) is 14.3 Å². The Morgan fingerprint density at radius 3 is 2.44 bits per heavy atom. The fraction of sp³-hybridized carbons (Fsp3) is 0.579. The van der Waals surface area contributed by atoms with Crippen molar-refractivity contribution < 1.29 is 23.8 Å². The van der Waals surface area contributed by atoms with Gasteiger partial charge >= 0.3 is 5.97 Å². The van der Waals surface area contributed by atoms with Crippen molar-refractivity contribution in [1.29, 1.82) is 0 Å². The largest absolute Gasteiger partial charge is 0.497 e. The highest BCUT2D eigenvalue weighted by Gasteiger charge is 2.26. The number of amides is 1. The molecule has 0 aromatic heterocycles. The number of ether oxygens (including phenoxy) is 3. The summed E-state index contributed by atoms with van der Waals surface area (Å²) in [5.74, 6) is 0.930. The third-order valence-corrected chi connectivity index (χ3v) is 4.42. The molecule has 1 fully saturated rings. The third kappa shape index (κ3) is 7.27. The number of anilines is 1. The Hall–Kier alpha value is -1.99. The summed E-state index contributed by atoms with van der Waals surface area (Å²) in [5, 5.41) is 2.87. The summed E-state index contributed by atoms with van der Waals surface area (Å²) in [7, 11) is 3.13. The van der Waals surface area contributed by atoms with Crippen LogP contribution in [0, 0.1) is 5.92 Å². The highest BCUT2D eigenvalue weighted by atomic mass is 35.5. The van der Waals surface area contributed by atoms with Crippen molar-refractivity contribution >= 4 is 30.0 Å². The van der Waals surface area contributed by atoms with Crippen molar-refractivity contribution in [2.75, 3.05) is 45.8 Å². The SMILES string of the molecule is CCOC(=O)C1CCCN(CCC(=O)Nc2cc(OC)cc(OC)c2)C1.Cl. The molecule has 1 amide bonds. The van der Waals surface area contributed by atoms with Crippen molar-refractivity contribution in [2.24, 2.45) is 5.92 Å². The second kappa shape index (κ2) is 11.7. The van der Waals surface area contributed by atoms with Crippen LogP contribution < -0.4 is 14.8 Å². The zero-order chi connectivity index (χ0) is 18.9. The van der Waals surface area contributed by atoms with Crippen LogP contribution in [0.3, 0.4) is 0 Å². The molecule has 0 aliphatic carbocycles. The van der Waals surface area contributed by atoms with Gasteiger partial charge in [0.05, 0.1) is 26.7 Å². The highest BCUT2D eigenvalue weighted by Crippen LogP contribution is 2.26. The number of piperidine rings is 1. The number of rotatable bonds is 8. The standard InChI is InChI=1S/C19H28N2O5.ClH/c1-4-26-19(23)14-6-5-8-21(13-14)9-7-18(22)20-15-10-16(24-2)12-17(11-15)25-3;/h10-12,14H,4-9,13H2,1-3H3,(H,20,22);1H. The van der Waals surface area contributed by atoms with Gasteiger partial charge in [0.2, 0.25) is 5.91 Å². The van der Waals surface area contributed by atoms with Crippen molar-refractivity contribution in [1.82, 2.24) is 4.90 Å². The van der Waals surface area contributed by atoms with E-state index in [0.717, 1.165) is 19.4 Å². The molecule has 1 heterocycles. The number of likely N-dealkylation sites (tertiary alicyclic amines) is 1. The first kappa shape index (κ1) is 23.0. The molecule has 0 radical (unpaired) electrons. The second-order valence-electron chi connectivity index (χ2n) is 6.29. The van der Waals surface area contributed by atoms with Gasteiger partial charge in [-0.25, -0.2) is 0 Å². The van der Waals surface area contributed by atoms with E-state index in [1.165, 1.54) is 0 Å². The van der Waals surface area contributed by atoms with E-state index in [0.29, 0.717) is 43.3 Å². The van der Waals surface area contributed by atoms with Crippen LogP contribution in [0.25, 0.3) is 0 Å². The van der Waals surface area contributed by atoms with E-state index in [4.69, 9.17) is 14.2 Å². The van der Waals surface area contributed by atoms with Gasteiger partial charge in [0.1, 0.15) is 11.5 Å². The molecule has 8 heteroatoms. The predicted molar refractivity (Wildman–Crippen MR) is 106 cm³/mol. The molecule has 1 aliphatic rings. The van der Waals surface area contributed by atoms with Crippen LogP contribution in [-0.4, -0.2) is 57.2 Å². The minimum absolute atomic E-state index is 0. The maximum absolute atomic E-state index is 12.3. The molecule has 1 aromatic rings. The summed E-state index contributed by atoms with van der Waals surface area (Å²) in [4.78, 5) is 26.3. The van der Waals surface area contributed by atoms with Gasteiger partial charge in [0.25, 0.3) is 0 Å². The first-order valence-electron chi connectivity index (χ1n) is 8.97. The minimum Gasteiger partial charge on any atom is -0.497 e. The number of benzene rings is 1. The van der Waals surface area contributed by atoms with Gasteiger partial charge in [0.15, 0.2) is 0 Å². The molecule has 1 aromatic carbocycles. The number of nitrogens with zero attached hydrogens (tertiary/aromatic N) is 1. The molecular weight excluding hydrogens is 372 g/mol. The molecule has 27 heavy (non-hydrogen) atoms. The van der Waals surface area contributed by atoms with Crippen LogP contribution in [0.4, 0.5) is 5.69 Å². The van der Waals surface area contributed by atoms with E-state index in [1.54, 1.807) is 32.4 Å². The Bertz CT molecular complexity index is 604. The Balaban J connectivity index is 0.00000364. The lowest BCUT2D eigenvalue weighted by Gasteiger charge is -2.31. The highest BCUT2D eigenvalue weighted by molar-refractivity contribution is 5.91. The zero-order valence-electron chi connectivity index (χ0n) is 16.2. The van der Waals surface area contributed by atoms with Gasteiger partial charge in [-0.2, -0.15) is 0 Å². The number of carbonyl (C=O) groups is 2. The van der Waals surface area contributed by atoms with Gasteiger partial charge in [0, 0.05) is 43.4 Å². The lowest BCUT2D eigenvalue weighted by Crippen LogP contribution is -2.40. The second-order valence-corrected chi connectivity index (χ2v) is 6.29. The van der Waals surface area contributed by atoms with Gasteiger partial charge in [-0.05, 0) is 26.3 Å². The molecule has 0 spiro atoms. The summed E-state index contributed by atoms with van der Waals surface area (Å²) in [6.45, 7) is 4.39. The lowest BCUT2D eigenvalue weighted by atomic mass is 9.98. The van der Waals surface area contributed by atoms with Crippen LogP contribution in [0.2, 0.25) is 0 Å². The van der Waals surface area contributed by atoms with E-state index in [-0.39, 0.29) is 30.2 Å². The van der Waals surface area contributed by atoms with E-state index in [9.17, 15) is 9.59 Å². The van der Waals surface area contributed by atoms with E-state index in [2.05, 4.69) is 10.2 Å². The van der Waals surface area contributed by atoms with Crippen molar-refractivity contribution in [3.05, 3.63) is 18.2 Å². The normalized spacial score (nSPS) is 16.8. The average Bonchev–Trinajstić information content (AvgIpc) is 2.66. The number of carbonyl (C=O) groups excluding carboxylic acids is 2. The van der Waals surface area contributed by atoms with Crippen molar-refractivity contribution in [2.45, 2.75) is 26.2 Å². The molecule has 1 aliphatic heterocycles. The van der Waals surface area contributed by atoms with Crippen LogP contribution >= 0.6 is 12.4 Å². The molecule has 0 bridgehead atoms. The Kier molecular flexibility index (Phi) is 9.96. The summed E-state index contributed by atoms with van der Waals surface area (Å²) in [6.07, 6.45) is 2.15. The molecular formula is C19H29ClN2O5. The van der Waals surface area contributed by atoms with Crippen molar-refractivity contribution in [3.8, 4) is 11.5 Å². The molecule has 152 valence electrons. The maximum Gasteiger partial charge on any atom is 0.310 e. The third-order valence-electron chi connectivity index (χ3n) is 4.42. The first-order chi connectivity index (χ1) is 12.5. The zero-order valence-corrected chi connectivity index (χ0v) is 17.0. The lowest BCUT2D eigenvalue weighted by molar-refractivity contribution is -0.149. The molecule has 1 unspecified atom stereocenters. The molecule has 1 saturated heterocycles. The van der Waals surface area contributed by atoms with E-state index < -0.39 is 0 Å². The fourth-order valence-corrected chi connectivity index (χ4v) is 3.07. The summed E-state index contributed by atoms with van der Waals surface area (Å²) in [5.41, 5.74) is 0.634. The maximum atomic E-state index is 12.3. The molecule has 1 atom stereocenters. The summed E-state index contributed by atoms with van der Waals surface area (Å²) < 4.78 is 15.5. The molecule has 0 saturated carbocycles. The average molecular weight is 401 g/mol. The van der Waals surface area contributed by atoms with E-state index >= 15 is 0 Å². The Labute approximate surface area is 166 Å². The molecule has 2 rings (SSSR count). The Morgan fingerprint density at radius 1 is 1.19 bits per heavy atom. The van der Waals surface area contributed by atoms with Crippen LogP contribution in [0.5, 0.6) is 11.5 Å². The van der Waals surface area contributed by atoms with E-state index in [1.807, 2.05) is 6.92 Å². The monoisotopic (exact) mass is 400 g/mol. The van der Waals surface area contributed by atoms with Gasteiger partial charge in [-0.3, -0.25) is 9.59 Å². The van der Waals surface area contributed by atoms with Crippen LogP contribution in [0.1, 0.15) is 26.2 Å². The smallest absolute Gasteiger partial charge is 0.310 e. The predicted octanol–water partition coefficient (Wildman–Crippen LogP) is 2.73. The number of hydrogen-bond acceptors (Lipinski definition) is 6. The van der Waals surface area contributed by atoms with Gasteiger partial charge in [-0.15, -0.1) is 12.4 Å².